The Hall–Kier alpha value is -3.43. The van der Waals surface area contributed by atoms with Gasteiger partial charge in [-0.1, -0.05) is 0 Å². The van der Waals surface area contributed by atoms with Crippen LogP contribution >= 0.6 is 46.0 Å². The Bertz CT molecular complexity index is 1240. The zero-order valence-corrected chi connectivity index (χ0v) is 32.1. The van der Waals surface area contributed by atoms with Gasteiger partial charge in [0, 0.05) is 40.4 Å². The van der Waals surface area contributed by atoms with E-state index in [1.807, 2.05) is 0 Å². The number of hydrogen-bond acceptors (Lipinski definition) is 12. The molecule has 1 fully saturated rings. The summed E-state index contributed by atoms with van der Waals surface area (Å²) in [6.07, 6.45) is 0.0763. The molecule has 0 saturated carbocycles. The van der Waals surface area contributed by atoms with Crippen molar-refractivity contribution in [2.75, 3.05) is 39.3 Å². The molecule has 0 bridgehead atoms. The molecule has 282 valence electrons. The van der Waals surface area contributed by atoms with Gasteiger partial charge >= 0.3 is 0 Å². The van der Waals surface area contributed by atoms with E-state index in [1.165, 1.54) is 59.9 Å². The van der Waals surface area contributed by atoms with E-state index in [4.69, 9.17) is 6.33 Å². The number of halogens is 2. The van der Waals surface area contributed by atoms with Crippen molar-refractivity contribution in [1.29, 1.82) is 0 Å². The number of carbonyl (C=O) groups excluding carboxylic acids is 9. The molecule has 50 heavy (non-hydrogen) atoms. The van der Waals surface area contributed by atoms with Crippen LogP contribution in [0.2, 0.25) is 0 Å². The molecular weight excluding hydrogens is 896 g/mol. The smallest absolute Gasteiger partial charge is 0.243 e. The molecule has 3 atom stereocenters. The normalized spacial score (nSPS) is 19.7. The molecule has 3 unspecified atom stereocenters. The van der Waals surface area contributed by atoms with Crippen molar-refractivity contribution < 1.29 is 54.7 Å². The number of carbonyl (C=O) groups is 9. The summed E-state index contributed by atoms with van der Waals surface area (Å²) in [6.45, 7) is 1.85. The highest BCUT2D eigenvalue weighted by Gasteiger charge is 2.30. The van der Waals surface area contributed by atoms with Crippen LogP contribution in [0.3, 0.4) is 0 Å². The second-order valence-corrected chi connectivity index (χ2v) is 11.8. The monoisotopic (exact) mass is 939 g/mol. The molecule has 0 aromatic carbocycles. The Morgan fingerprint density at radius 2 is 0.980 bits per heavy atom. The van der Waals surface area contributed by atoms with Crippen molar-refractivity contribution in [3.8, 4) is 0 Å². The first-order valence-electron chi connectivity index (χ1n) is 15.4. The maximum Gasteiger partial charge on any atom is 0.243 e. The van der Waals surface area contributed by atoms with Gasteiger partial charge in [0.25, 0.3) is 0 Å². The lowest BCUT2D eigenvalue weighted by Gasteiger charge is -2.26. The van der Waals surface area contributed by atoms with Crippen LogP contribution in [0.5, 0.6) is 0 Å². The van der Waals surface area contributed by atoms with E-state index >= 15 is 0 Å². The second kappa shape index (κ2) is 23.9. The topological polar surface area (TPSA) is 274 Å². The van der Waals surface area contributed by atoms with Gasteiger partial charge in [-0.05, 0) is 38.5 Å². The van der Waals surface area contributed by atoms with Crippen LogP contribution in [-0.2, 0) is 49.5 Å². The standard InChI is InChI=1S/C27H43I2N9O12/c1-16(39)36(48)10-4-7-20-26(46)35-21(9-6-12-38(50-29)18(3)41)27(47)34-19(8-5-11-37(49-28)17(2)40)25(45)32-14-23(43)30-13-22(42)31-15-24(44)33-20/h19-21,48H,4-15H2,1-3H3,(H,30,43)(H,31,42)(H,32,45)(H,33,44)(H,34,47)(H,35,46). The first-order chi connectivity index (χ1) is 23.6. The molecule has 23 heteroatoms. The minimum Gasteiger partial charge on any atom is -0.346 e. The summed E-state index contributed by atoms with van der Waals surface area (Å²) < 4.78 is 9.96. The predicted octanol–water partition coefficient (Wildman–Crippen LogP) is -2.36. The fourth-order valence-electron chi connectivity index (χ4n) is 4.33. The van der Waals surface area contributed by atoms with Crippen molar-refractivity contribution in [3.63, 3.8) is 0 Å². The maximum absolute atomic E-state index is 13.7. The summed E-state index contributed by atoms with van der Waals surface area (Å²) >= 11 is 3.03. The minimum absolute atomic E-state index is 0.0192. The predicted molar refractivity (Wildman–Crippen MR) is 187 cm³/mol. The summed E-state index contributed by atoms with van der Waals surface area (Å²) in [5.74, 6) is -6.21. The van der Waals surface area contributed by atoms with E-state index in [-0.39, 0.29) is 58.2 Å². The van der Waals surface area contributed by atoms with Gasteiger partial charge in [0.1, 0.15) is 64.1 Å². The third-order valence-corrected chi connectivity index (χ3v) is 7.99. The van der Waals surface area contributed by atoms with Crippen LogP contribution in [0.25, 0.3) is 0 Å². The molecule has 9 amide bonds. The summed E-state index contributed by atoms with van der Waals surface area (Å²) in [5.41, 5.74) is 0. The van der Waals surface area contributed by atoms with E-state index in [2.05, 4.69) is 31.9 Å². The Kier molecular flexibility index (Phi) is 21.3. The molecule has 1 saturated heterocycles. The SMILES string of the molecule is CC(=O)N(O)CCCC1NC(=O)CNC(=O)CNC(=O)CNC(=O)C(CCCN(OI)C(C)=O)NC(=O)C(CCCN(OI)C(C)=O)NC1=O. The average molecular weight is 939 g/mol. The highest BCUT2D eigenvalue weighted by molar-refractivity contribution is 14.1. The van der Waals surface area contributed by atoms with E-state index in [9.17, 15) is 48.4 Å². The van der Waals surface area contributed by atoms with E-state index in [1.54, 1.807) is 0 Å². The van der Waals surface area contributed by atoms with Gasteiger partial charge in [0.05, 0.1) is 19.6 Å². The summed E-state index contributed by atoms with van der Waals surface area (Å²) in [4.78, 5) is 113. The van der Waals surface area contributed by atoms with Gasteiger partial charge < -0.3 is 31.9 Å². The lowest BCUT2D eigenvalue weighted by molar-refractivity contribution is -0.163. The molecule has 21 nitrogen and oxygen atoms in total. The lowest BCUT2D eigenvalue weighted by Crippen LogP contribution is -2.58. The van der Waals surface area contributed by atoms with Gasteiger partial charge in [0.2, 0.25) is 53.2 Å². The van der Waals surface area contributed by atoms with E-state index in [0.717, 1.165) is 17.1 Å². The number of hydrogen-bond donors (Lipinski definition) is 7. The molecule has 7 N–H and O–H groups in total. The van der Waals surface area contributed by atoms with Crippen LogP contribution in [0.15, 0.2) is 0 Å². The average Bonchev–Trinajstić information content (AvgIpc) is 3.06. The van der Waals surface area contributed by atoms with Crippen LogP contribution in [-0.4, -0.2) is 131 Å². The van der Waals surface area contributed by atoms with Crippen molar-refractivity contribution >= 4 is 99.2 Å². The fraction of sp³-hybridized carbons (Fsp3) is 0.667. The zero-order valence-electron chi connectivity index (χ0n) is 27.8. The largest absolute Gasteiger partial charge is 0.346 e. The number of amides is 9. The van der Waals surface area contributed by atoms with Gasteiger partial charge in [0.15, 0.2) is 0 Å². The quantitative estimate of drug-likeness (QED) is 0.0548. The molecule has 0 radical (unpaired) electrons. The van der Waals surface area contributed by atoms with Crippen molar-refractivity contribution in [1.82, 2.24) is 47.1 Å². The minimum atomic E-state index is -1.33. The maximum atomic E-state index is 13.7. The molecular formula is C27H43I2N9O12. The third-order valence-electron chi connectivity index (χ3n) is 7.04. The first kappa shape index (κ1) is 44.6. The van der Waals surface area contributed by atoms with Crippen molar-refractivity contribution in [2.24, 2.45) is 0 Å². The Labute approximate surface area is 316 Å². The van der Waals surface area contributed by atoms with Gasteiger partial charge in [-0.2, -0.15) is 0 Å². The molecule has 1 heterocycles. The van der Waals surface area contributed by atoms with E-state index in [0.29, 0.717) is 5.06 Å². The van der Waals surface area contributed by atoms with Crippen molar-refractivity contribution in [2.45, 2.75) is 77.4 Å². The van der Waals surface area contributed by atoms with Gasteiger partial charge in [-0.15, -0.1) is 0 Å². The van der Waals surface area contributed by atoms with Crippen molar-refractivity contribution in [3.05, 3.63) is 0 Å². The highest BCUT2D eigenvalue weighted by Crippen LogP contribution is 2.09. The van der Waals surface area contributed by atoms with Crippen LogP contribution < -0.4 is 31.9 Å². The number of nitrogens with zero attached hydrogens (tertiary/aromatic N) is 3. The summed E-state index contributed by atoms with van der Waals surface area (Å²) in [7, 11) is 0. The second-order valence-electron chi connectivity index (χ2n) is 11.0. The molecule has 0 spiro atoms. The molecule has 1 aliphatic rings. The van der Waals surface area contributed by atoms with Crippen LogP contribution in [0, 0.1) is 0 Å². The molecule has 0 aromatic heterocycles. The molecule has 1 aliphatic heterocycles. The van der Waals surface area contributed by atoms with Gasteiger partial charge in [-0.25, -0.2) is 21.5 Å². The van der Waals surface area contributed by atoms with E-state index < -0.39 is 90.9 Å². The Balaban J connectivity index is 3.41. The lowest BCUT2D eigenvalue weighted by atomic mass is 10.1. The van der Waals surface area contributed by atoms with Crippen LogP contribution in [0.1, 0.15) is 59.3 Å². The first-order valence-corrected chi connectivity index (χ1v) is 17.2. The van der Waals surface area contributed by atoms with Gasteiger partial charge in [-0.3, -0.25) is 48.4 Å². The summed E-state index contributed by atoms with van der Waals surface area (Å²) in [5, 5.41) is 26.8. The zero-order chi connectivity index (χ0) is 37.8. The number of rotatable bonds is 14. The molecule has 0 aromatic rings. The third kappa shape index (κ3) is 17.5. The number of nitrogens with one attached hydrogen (secondary N) is 6. The summed E-state index contributed by atoms with van der Waals surface area (Å²) in [6, 6.07) is -3.92. The highest BCUT2D eigenvalue weighted by atomic mass is 127. The number of hydroxylamine groups is 6. The fourth-order valence-corrected chi connectivity index (χ4v) is 5.28. The Morgan fingerprint density at radius 3 is 1.40 bits per heavy atom. The van der Waals surface area contributed by atoms with Crippen LogP contribution in [0.4, 0.5) is 0 Å². The molecule has 0 aliphatic carbocycles. The molecule has 1 rings (SSSR count). The Morgan fingerprint density at radius 1 is 0.600 bits per heavy atom.